The molecule has 2 rings (SSSR count). The van der Waals surface area contributed by atoms with E-state index in [9.17, 15) is 13.2 Å². The minimum absolute atomic E-state index is 0.0411. The molecule has 1 aromatic rings. The van der Waals surface area contributed by atoms with E-state index in [-0.39, 0.29) is 31.2 Å². The van der Waals surface area contributed by atoms with Gasteiger partial charge in [0.05, 0.1) is 11.9 Å². The Hall–Kier alpha value is -1.96. The van der Waals surface area contributed by atoms with Crippen molar-refractivity contribution >= 4 is 21.6 Å². The van der Waals surface area contributed by atoms with Gasteiger partial charge in [0.15, 0.2) is 11.5 Å². The molecule has 0 aromatic heterocycles. The topological polar surface area (TPSA) is 84.9 Å². The fraction of sp³-hybridized carbons (Fsp3) is 0.533. The van der Waals surface area contributed by atoms with Crippen molar-refractivity contribution in [3.63, 3.8) is 0 Å². The number of anilines is 1. The second-order valence-corrected chi connectivity index (χ2v) is 7.81. The molecule has 1 aromatic carbocycles. The van der Waals surface area contributed by atoms with Gasteiger partial charge in [-0.25, -0.2) is 8.42 Å². The van der Waals surface area contributed by atoms with E-state index in [0.29, 0.717) is 17.2 Å². The standard InChI is InChI=1S/C15H22N2O5S/c1-10(2)11(3)16-15(18)8-17(23(4,19)20)12-5-6-13-14(7-12)22-9-21-13/h5-7,10-11H,8-9H2,1-4H3,(H,16,18)/t11-/m0/s1. The average molecular weight is 342 g/mol. The Balaban J connectivity index is 2.20. The molecule has 0 bridgehead atoms. The van der Waals surface area contributed by atoms with Crippen LogP contribution in [0.15, 0.2) is 18.2 Å². The van der Waals surface area contributed by atoms with Crippen molar-refractivity contribution < 1.29 is 22.7 Å². The number of hydrogen-bond acceptors (Lipinski definition) is 5. The number of nitrogens with one attached hydrogen (secondary N) is 1. The van der Waals surface area contributed by atoms with E-state index in [1.807, 2.05) is 20.8 Å². The molecule has 0 fully saturated rings. The molecule has 0 saturated carbocycles. The van der Waals surface area contributed by atoms with Gasteiger partial charge in [-0.15, -0.1) is 0 Å². The number of amides is 1. The van der Waals surface area contributed by atoms with E-state index in [2.05, 4.69) is 5.32 Å². The summed E-state index contributed by atoms with van der Waals surface area (Å²) >= 11 is 0. The minimum Gasteiger partial charge on any atom is -0.454 e. The molecule has 8 heteroatoms. The summed E-state index contributed by atoms with van der Waals surface area (Å²) in [6.07, 6.45) is 1.07. The number of nitrogens with zero attached hydrogens (tertiary/aromatic N) is 1. The third-order valence-electron chi connectivity index (χ3n) is 3.72. The number of hydrogen-bond donors (Lipinski definition) is 1. The second-order valence-electron chi connectivity index (χ2n) is 5.91. The Morgan fingerprint density at radius 1 is 1.26 bits per heavy atom. The highest BCUT2D eigenvalue weighted by atomic mass is 32.2. The molecule has 23 heavy (non-hydrogen) atoms. The van der Waals surface area contributed by atoms with Crippen LogP contribution in [0.5, 0.6) is 11.5 Å². The molecule has 0 aliphatic carbocycles. The van der Waals surface area contributed by atoms with Crippen LogP contribution in [0.4, 0.5) is 5.69 Å². The highest BCUT2D eigenvalue weighted by molar-refractivity contribution is 7.92. The molecule has 0 unspecified atom stereocenters. The zero-order chi connectivity index (χ0) is 17.2. The molecule has 7 nitrogen and oxygen atoms in total. The van der Waals surface area contributed by atoms with E-state index < -0.39 is 10.0 Å². The Labute approximate surface area is 136 Å². The van der Waals surface area contributed by atoms with Crippen molar-refractivity contribution in [2.45, 2.75) is 26.8 Å². The van der Waals surface area contributed by atoms with Gasteiger partial charge in [0.2, 0.25) is 22.7 Å². The van der Waals surface area contributed by atoms with Gasteiger partial charge in [-0.1, -0.05) is 13.8 Å². The third kappa shape index (κ3) is 4.28. The number of carbonyl (C=O) groups excluding carboxylic acids is 1. The molecule has 0 saturated heterocycles. The van der Waals surface area contributed by atoms with Crippen molar-refractivity contribution in [1.29, 1.82) is 0 Å². The van der Waals surface area contributed by atoms with Gasteiger partial charge in [0.1, 0.15) is 6.54 Å². The number of sulfonamides is 1. The van der Waals surface area contributed by atoms with Gasteiger partial charge in [-0.2, -0.15) is 0 Å². The smallest absolute Gasteiger partial charge is 0.240 e. The maximum atomic E-state index is 12.1. The van der Waals surface area contributed by atoms with Crippen molar-refractivity contribution in [3.05, 3.63) is 18.2 Å². The Kier molecular flexibility index (Phi) is 5.03. The molecule has 1 aliphatic rings. The zero-order valence-electron chi connectivity index (χ0n) is 13.7. The van der Waals surface area contributed by atoms with Crippen LogP contribution in [-0.2, 0) is 14.8 Å². The zero-order valence-corrected chi connectivity index (χ0v) is 14.5. The maximum Gasteiger partial charge on any atom is 0.240 e. The molecular formula is C15H22N2O5S. The van der Waals surface area contributed by atoms with Gasteiger partial charge >= 0.3 is 0 Å². The third-order valence-corrected chi connectivity index (χ3v) is 4.86. The first-order chi connectivity index (χ1) is 10.7. The van der Waals surface area contributed by atoms with Crippen LogP contribution in [-0.4, -0.2) is 40.0 Å². The Morgan fingerprint density at radius 3 is 2.52 bits per heavy atom. The van der Waals surface area contributed by atoms with Crippen LogP contribution in [0.25, 0.3) is 0 Å². The van der Waals surface area contributed by atoms with Gasteiger partial charge in [-0.05, 0) is 25.0 Å². The van der Waals surface area contributed by atoms with Crippen molar-refractivity contribution in [3.8, 4) is 11.5 Å². The summed E-state index contributed by atoms with van der Waals surface area (Å²) < 4.78 is 35.6. The fourth-order valence-electron chi connectivity index (χ4n) is 2.04. The van der Waals surface area contributed by atoms with Gasteiger partial charge in [0.25, 0.3) is 0 Å². The number of benzene rings is 1. The van der Waals surface area contributed by atoms with Crippen LogP contribution in [0.3, 0.4) is 0 Å². The van der Waals surface area contributed by atoms with E-state index in [1.54, 1.807) is 18.2 Å². The van der Waals surface area contributed by atoms with Gasteiger partial charge < -0.3 is 14.8 Å². The normalized spacial score (nSPS) is 14.7. The molecule has 1 aliphatic heterocycles. The molecule has 1 atom stereocenters. The van der Waals surface area contributed by atoms with E-state index in [1.165, 1.54) is 0 Å². The van der Waals surface area contributed by atoms with Crippen LogP contribution in [0.1, 0.15) is 20.8 Å². The minimum atomic E-state index is -3.61. The number of ether oxygens (including phenoxy) is 2. The highest BCUT2D eigenvalue weighted by Crippen LogP contribution is 2.36. The van der Waals surface area contributed by atoms with Gasteiger partial charge in [0, 0.05) is 12.1 Å². The molecule has 1 heterocycles. The van der Waals surface area contributed by atoms with Crippen LogP contribution >= 0.6 is 0 Å². The molecular weight excluding hydrogens is 320 g/mol. The average Bonchev–Trinajstić information content (AvgIpc) is 2.90. The summed E-state index contributed by atoms with van der Waals surface area (Å²) in [6, 6.07) is 4.74. The summed E-state index contributed by atoms with van der Waals surface area (Å²) in [4.78, 5) is 12.1. The molecule has 128 valence electrons. The predicted octanol–water partition coefficient (Wildman–Crippen LogP) is 1.34. The molecule has 0 radical (unpaired) electrons. The molecule has 1 N–H and O–H groups in total. The highest BCUT2D eigenvalue weighted by Gasteiger charge is 2.24. The van der Waals surface area contributed by atoms with Gasteiger partial charge in [-0.3, -0.25) is 9.10 Å². The second kappa shape index (κ2) is 6.66. The summed E-state index contributed by atoms with van der Waals surface area (Å²) in [6.45, 7) is 5.67. The first-order valence-corrected chi connectivity index (χ1v) is 9.20. The summed E-state index contributed by atoms with van der Waals surface area (Å²) in [7, 11) is -3.61. The van der Waals surface area contributed by atoms with Crippen molar-refractivity contribution in [2.75, 3.05) is 23.9 Å². The lowest BCUT2D eigenvalue weighted by Gasteiger charge is -2.24. The lowest BCUT2D eigenvalue weighted by atomic mass is 10.1. The summed E-state index contributed by atoms with van der Waals surface area (Å²) in [5, 5.41) is 2.80. The first-order valence-electron chi connectivity index (χ1n) is 7.35. The van der Waals surface area contributed by atoms with Crippen molar-refractivity contribution in [1.82, 2.24) is 5.32 Å². The monoisotopic (exact) mass is 342 g/mol. The van der Waals surface area contributed by atoms with Crippen molar-refractivity contribution in [2.24, 2.45) is 5.92 Å². The van der Waals surface area contributed by atoms with E-state index in [0.717, 1.165) is 10.6 Å². The fourth-order valence-corrected chi connectivity index (χ4v) is 2.89. The SMILES string of the molecule is CC(C)[C@H](C)NC(=O)CN(c1ccc2c(c1)OCO2)S(C)(=O)=O. The Morgan fingerprint density at radius 2 is 1.91 bits per heavy atom. The quantitative estimate of drug-likeness (QED) is 0.843. The number of fused-ring (bicyclic) bond motifs is 1. The predicted molar refractivity (Wildman–Crippen MR) is 87.2 cm³/mol. The number of rotatable bonds is 6. The summed E-state index contributed by atoms with van der Waals surface area (Å²) in [5.74, 6) is 0.928. The maximum absolute atomic E-state index is 12.1. The van der Waals surface area contributed by atoms with Crippen LogP contribution in [0.2, 0.25) is 0 Å². The number of carbonyl (C=O) groups is 1. The van der Waals surface area contributed by atoms with E-state index >= 15 is 0 Å². The lowest BCUT2D eigenvalue weighted by molar-refractivity contribution is -0.120. The lowest BCUT2D eigenvalue weighted by Crippen LogP contribution is -2.44. The van der Waals surface area contributed by atoms with Crippen LogP contribution < -0.4 is 19.1 Å². The molecule has 0 spiro atoms. The van der Waals surface area contributed by atoms with E-state index in [4.69, 9.17) is 9.47 Å². The van der Waals surface area contributed by atoms with Crippen LogP contribution in [0, 0.1) is 5.92 Å². The first kappa shape index (κ1) is 17.4. The largest absolute Gasteiger partial charge is 0.454 e. The molecule has 1 amide bonds. The summed E-state index contributed by atoms with van der Waals surface area (Å²) in [5.41, 5.74) is 0.365. The Bertz CT molecular complexity index is 687.